The number of hydrogen-bond donors (Lipinski definition) is 0. The van der Waals surface area contributed by atoms with E-state index in [1.165, 1.54) is 12.1 Å². The van der Waals surface area contributed by atoms with E-state index in [2.05, 4.69) is 0 Å². The molecular weight excluding hydrogens is 218 g/mol. The van der Waals surface area contributed by atoms with Crippen LogP contribution >= 0.6 is 11.6 Å². The van der Waals surface area contributed by atoms with Crippen molar-refractivity contribution in [1.29, 1.82) is 0 Å². The first-order chi connectivity index (χ1) is 7.09. The first kappa shape index (κ1) is 10.6. The minimum Gasteiger partial charge on any atom is -0.206 e. The number of aryl methyl sites for hydroxylation is 1. The summed E-state index contributed by atoms with van der Waals surface area (Å²) in [6.45, 7) is 1.63. The molecule has 0 aromatic heterocycles. The summed E-state index contributed by atoms with van der Waals surface area (Å²) in [7, 11) is 0. The van der Waals surface area contributed by atoms with Crippen LogP contribution in [0, 0.1) is 18.6 Å². The minimum atomic E-state index is -0.505. The summed E-state index contributed by atoms with van der Waals surface area (Å²) >= 11 is 5.88. The highest BCUT2D eigenvalue weighted by Crippen LogP contribution is 2.34. The molecule has 15 heavy (non-hydrogen) atoms. The van der Waals surface area contributed by atoms with Crippen LogP contribution in [0.3, 0.4) is 0 Å². The Balaban J connectivity index is 2.52. The van der Waals surface area contributed by atoms with Gasteiger partial charge in [-0.1, -0.05) is 12.1 Å². The van der Waals surface area contributed by atoms with Crippen molar-refractivity contribution in [2.75, 3.05) is 0 Å². The van der Waals surface area contributed by atoms with Crippen LogP contribution in [0.15, 0.2) is 18.2 Å². The Morgan fingerprint density at radius 1 is 1.33 bits per heavy atom. The number of halogens is 3. The van der Waals surface area contributed by atoms with Gasteiger partial charge in [0, 0.05) is 5.56 Å². The molecule has 3 heteroatoms. The summed E-state index contributed by atoms with van der Waals surface area (Å²) in [5, 5.41) is -0.0979. The Morgan fingerprint density at radius 3 is 2.67 bits per heavy atom. The summed E-state index contributed by atoms with van der Waals surface area (Å²) in [6, 6.07) is 2.75. The fourth-order valence-electron chi connectivity index (χ4n) is 1.84. The van der Waals surface area contributed by atoms with Crippen LogP contribution in [0.1, 0.15) is 24.0 Å². The third kappa shape index (κ3) is 1.91. The van der Waals surface area contributed by atoms with E-state index in [-0.39, 0.29) is 10.9 Å². The van der Waals surface area contributed by atoms with Gasteiger partial charge < -0.3 is 0 Å². The lowest BCUT2D eigenvalue weighted by Gasteiger charge is -2.07. The summed E-state index contributed by atoms with van der Waals surface area (Å²) in [5.41, 5.74) is 1.25. The smallest absolute Gasteiger partial charge is 0.136 e. The summed E-state index contributed by atoms with van der Waals surface area (Å²) in [4.78, 5) is 0. The fraction of sp³-hybridized carbons (Fsp3) is 0.333. The number of rotatable bonds is 1. The lowest BCUT2D eigenvalue weighted by molar-refractivity contribution is 0.570. The maximum Gasteiger partial charge on any atom is 0.136 e. The predicted octanol–water partition coefficient (Wildman–Crippen LogP) is 4.06. The Kier molecular flexibility index (Phi) is 2.79. The molecule has 0 spiro atoms. The zero-order valence-corrected chi connectivity index (χ0v) is 9.11. The molecule has 1 aliphatic carbocycles. The molecule has 1 aromatic rings. The maximum absolute atomic E-state index is 13.7. The fourth-order valence-corrected chi connectivity index (χ4v) is 2.10. The molecule has 0 amide bonds. The first-order valence-electron chi connectivity index (χ1n) is 4.89. The molecule has 1 unspecified atom stereocenters. The van der Waals surface area contributed by atoms with Crippen LogP contribution in [-0.4, -0.2) is 5.38 Å². The molecule has 0 fully saturated rings. The quantitative estimate of drug-likeness (QED) is 0.636. The van der Waals surface area contributed by atoms with Crippen LogP contribution in [0.25, 0.3) is 5.57 Å². The average Bonchev–Trinajstić information content (AvgIpc) is 2.59. The third-order valence-corrected chi connectivity index (χ3v) is 3.02. The van der Waals surface area contributed by atoms with Crippen molar-refractivity contribution >= 4 is 17.2 Å². The second-order valence-corrected chi connectivity index (χ2v) is 4.36. The number of allylic oxidation sites excluding steroid dienone is 2. The van der Waals surface area contributed by atoms with Gasteiger partial charge in [-0.05, 0) is 37.0 Å². The first-order valence-corrected chi connectivity index (χ1v) is 5.33. The molecule has 0 saturated carbocycles. The molecular formula is C12H11ClF2. The summed E-state index contributed by atoms with van der Waals surface area (Å²) < 4.78 is 27.2. The van der Waals surface area contributed by atoms with E-state index in [1.54, 1.807) is 13.0 Å². The Labute approximate surface area is 92.6 Å². The monoisotopic (exact) mass is 228 g/mol. The minimum absolute atomic E-state index is 0.0955. The summed E-state index contributed by atoms with van der Waals surface area (Å²) in [5.74, 6) is -0.970. The van der Waals surface area contributed by atoms with Crippen LogP contribution in [0.5, 0.6) is 0 Å². The number of benzene rings is 1. The van der Waals surface area contributed by atoms with Gasteiger partial charge in [0.15, 0.2) is 0 Å². The molecule has 0 aliphatic heterocycles. The summed E-state index contributed by atoms with van der Waals surface area (Å²) in [6.07, 6.45) is 3.14. The van der Waals surface area contributed by atoms with Gasteiger partial charge in [-0.2, -0.15) is 0 Å². The van der Waals surface area contributed by atoms with E-state index < -0.39 is 11.6 Å². The Morgan fingerprint density at radius 2 is 2.07 bits per heavy atom. The van der Waals surface area contributed by atoms with Gasteiger partial charge in [-0.3, -0.25) is 0 Å². The van der Waals surface area contributed by atoms with Crippen molar-refractivity contribution in [3.63, 3.8) is 0 Å². The van der Waals surface area contributed by atoms with E-state index in [1.807, 2.05) is 0 Å². The topological polar surface area (TPSA) is 0 Å². The SMILES string of the molecule is Cc1ccc(F)c(C2=CC(Cl)CC2)c1F. The van der Waals surface area contributed by atoms with Crippen molar-refractivity contribution < 1.29 is 8.78 Å². The van der Waals surface area contributed by atoms with Crippen LogP contribution < -0.4 is 0 Å². The second-order valence-electron chi connectivity index (χ2n) is 3.80. The molecule has 0 radical (unpaired) electrons. The van der Waals surface area contributed by atoms with E-state index in [0.29, 0.717) is 17.6 Å². The Bertz CT molecular complexity index is 424. The molecule has 1 atom stereocenters. The zero-order chi connectivity index (χ0) is 11.0. The molecule has 2 rings (SSSR count). The second kappa shape index (κ2) is 3.93. The van der Waals surface area contributed by atoms with E-state index in [0.717, 1.165) is 6.42 Å². The van der Waals surface area contributed by atoms with Gasteiger partial charge in [-0.15, -0.1) is 11.6 Å². The molecule has 0 saturated heterocycles. The molecule has 0 heterocycles. The normalized spacial score (nSPS) is 20.5. The maximum atomic E-state index is 13.7. The van der Waals surface area contributed by atoms with Gasteiger partial charge in [0.2, 0.25) is 0 Å². The largest absolute Gasteiger partial charge is 0.206 e. The molecule has 1 aliphatic rings. The highest BCUT2D eigenvalue weighted by Gasteiger charge is 2.21. The van der Waals surface area contributed by atoms with Gasteiger partial charge in [0.25, 0.3) is 0 Å². The number of alkyl halides is 1. The standard InChI is InChI=1S/C12H11ClF2/c1-7-2-5-10(14)11(12(7)15)8-3-4-9(13)6-8/h2,5-6,9H,3-4H2,1H3. The predicted molar refractivity (Wildman–Crippen MR) is 57.9 cm³/mol. The van der Waals surface area contributed by atoms with Crippen molar-refractivity contribution in [3.8, 4) is 0 Å². The van der Waals surface area contributed by atoms with Crippen molar-refractivity contribution in [3.05, 3.63) is 41.0 Å². The van der Waals surface area contributed by atoms with Crippen molar-refractivity contribution in [2.24, 2.45) is 0 Å². The van der Waals surface area contributed by atoms with Gasteiger partial charge in [0.1, 0.15) is 11.6 Å². The van der Waals surface area contributed by atoms with Crippen LogP contribution in [0.4, 0.5) is 8.78 Å². The van der Waals surface area contributed by atoms with E-state index >= 15 is 0 Å². The Hall–Kier alpha value is -0.890. The zero-order valence-electron chi connectivity index (χ0n) is 8.36. The molecule has 1 aromatic carbocycles. The van der Waals surface area contributed by atoms with E-state index in [4.69, 9.17) is 11.6 Å². The molecule has 0 N–H and O–H groups in total. The van der Waals surface area contributed by atoms with Gasteiger partial charge in [-0.25, -0.2) is 8.78 Å². The molecule has 0 bridgehead atoms. The lowest BCUT2D eigenvalue weighted by atomic mass is 10.0. The average molecular weight is 229 g/mol. The molecule has 0 nitrogen and oxygen atoms in total. The molecule has 80 valence electrons. The highest BCUT2D eigenvalue weighted by atomic mass is 35.5. The number of hydrogen-bond acceptors (Lipinski definition) is 0. The lowest BCUT2D eigenvalue weighted by Crippen LogP contribution is -1.96. The van der Waals surface area contributed by atoms with Crippen molar-refractivity contribution in [1.82, 2.24) is 0 Å². The van der Waals surface area contributed by atoms with Gasteiger partial charge in [0.05, 0.1) is 5.38 Å². The van der Waals surface area contributed by atoms with Crippen molar-refractivity contribution in [2.45, 2.75) is 25.1 Å². The van der Waals surface area contributed by atoms with E-state index in [9.17, 15) is 8.78 Å². The van der Waals surface area contributed by atoms with Gasteiger partial charge >= 0.3 is 0 Å². The highest BCUT2D eigenvalue weighted by molar-refractivity contribution is 6.22. The van der Waals surface area contributed by atoms with Crippen LogP contribution in [0.2, 0.25) is 0 Å². The van der Waals surface area contributed by atoms with Crippen LogP contribution in [-0.2, 0) is 0 Å². The third-order valence-electron chi connectivity index (χ3n) is 2.68.